The Labute approximate surface area is 218 Å². The van der Waals surface area contributed by atoms with Gasteiger partial charge in [-0.1, -0.05) is 0 Å². The van der Waals surface area contributed by atoms with Crippen LogP contribution >= 0.6 is 11.8 Å². The number of ether oxygens (including phenoxy) is 2. The van der Waals surface area contributed by atoms with Crippen LogP contribution in [0.4, 0.5) is 21.9 Å². The van der Waals surface area contributed by atoms with Crippen molar-refractivity contribution >= 4 is 51.9 Å². The number of benzene rings is 1. The molecule has 37 heavy (non-hydrogen) atoms. The van der Waals surface area contributed by atoms with Gasteiger partial charge in [-0.2, -0.15) is 0 Å². The third kappa shape index (κ3) is 4.88. The Kier molecular flexibility index (Phi) is 6.47. The third-order valence-electron chi connectivity index (χ3n) is 6.96. The SMILES string of the molecule is COc1ccc2nccc(N3CC[C@H](CNC[C@@H]4CN(c5ccc6c(c5)NC(=O)CS6)C(=O)O4)C3)c2n1. The van der Waals surface area contributed by atoms with Gasteiger partial charge in [-0.05, 0) is 49.2 Å². The minimum Gasteiger partial charge on any atom is -0.481 e. The molecule has 0 saturated carbocycles. The maximum atomic E-state index is 12.5. The van der Waals surface area contributed by atoms with E-state index in [1.165, 1.54) is 11.8 Å². The van der Waals surface area contributed by atoms with Crippen LogP contribution in [-0.2, 0) is 9.53 Å². The average molecular weight is 521 g/mol. The molecule has 1 aromatic carbocycles. The van der Waals surface area contributed by atoms with E-state index in [0.29, 0.717) is 30.6 Å². The van der Waals surface area contributed by atoms with Gasteiger partial charge in [-0.15, -0.1) is 11.8 Å². The van der Waals surface area contributed by atoms with Crippen molar-refractivity contribution in [3.05, 3.63) is 42.6 Å². The molecule has 0 spiro atoms. The normalized spacial score (nSPS) is 21.2. The molecule has 6 rings (SSSR count). The summed E-state index contributed by atoms with van der Waals surface area (Å²) in [5.74, 6) is 1.44. The van der Waals surface area contributed by atoms with Gasteiger partial charge in [0.2, 0.25) is 11.8 Å². The number of rotatable bonds is 7. The Hall–Kier alpha value is -3.57. The standard InChI is InChI=1S/C26H28N6O4S/c1-35-24-5-3-19-25(30-24)21(6-8-28-19)31-9-7-16(13-31)11-27-12-18-14-32(26(34)36-18)17-2-4-22-20(10-17)29-23(33)15-37-22/h2-6,8,10,16,18,27H,7,9,11-15H2,1H3,(H,29,33)/t16-,18-/m1/s1. The first-order valence-corrected chi connectivity index (χ1v) is 13.4. The number of carbonyl (C=O) groups excluding carboxylic acids is 2. The van der Waals surface area contributed by atoms with Crippen molar-refractivity contribution in [3.63, 3.8) is 0 Å². The van der Waals surface area contributed by atoms with Crippen LogP contribution in [0.3, 0.4) is 0 Å². The lowest BCUT2D eigenvalue weighted by Gasteiger charge is -2.20. The summed E-state index contributed by atoms with van der Waals surface area (Å²) >= 11 is 1.50. The lowest BCUT2D eigenvalue weighted by molar-refractivity contribution is -0.113. The van der Waals surface area contributed by atoms with Gasteiger partial charge in [-0.25, -0.2) is 9.78 Å². The highest BCUT2D eigenvalue weighted by Gasteiger charge is 2.33. The zero-order valence-electron chi connectivity index (χ0n) is 20.5. The van der Waals surface area contributed by atoms with Crippen molar-refractivity contribution in [2.75, 3.05) is 60.7 Å². The van der Waals surface area contributed by atoms with Crippen LogP contribution in [0.1, 0.15) is 6.42 Å². The molecular weight excluding hydrogens is 492 g/mol. The molecular formula is C26H28N6O4S. The molecule has 5 heterocycles. The number of methoxy groups -OCH3 is 1. The van der Waals surface area contributed by atoms with Crippen LogP contribution in [0.15, 0.2) is 47.5 Å². The second kappa shape index (κ2) is 10.1. The molecule has 2 fully saturated rings. The first kappa shape index (κ1) is 23.8. The minimum atomic E-state index is -0.360. The van der Waals surface area contributed by atoms with E-state index in [4.69, 9.17) is 9.47 Å². The second-order valence-corrected chi connectivity index (χ2v) is 10.5. The summed E-state index contributed by atoms with van der Waals surface area (Å²) in [4.78, 5) is 38.3. The molecule has 2 aromatic heterocycles. The number of anilines is 3. The fourth-order valence-electron chi connectivity index (χ4n) is 5.11. The summed E-state index contributed by atoms with van der Waals surface area (Å²) in [5, 5.41) is 6.38. The molecule has 192 valence electrons. The molecule has 3 aliphatic rings. The van der Waals surface area contributed by atoms with E-state index in [1.54, 1.807) is 12.0 Å². The molecule has 2 atom stereocenters. The van der Waals surface area contributed by atoms with E-state index in [0.717, 1.165) is 59.0 Å². The maximum Gasteiger partial charge on any atom is 0.414 e. The van der Waals surface area contributed by atoms with Crippen molar-refractivity contribution in [2.45, 2.75) is 17.4 Å². The zero-order chi connectivity index (χ0) is 25.4. The van der Waals surface area contributed by atoms with Crippen molar-refractivity contribution in [1.29, 1.82) is 0 Å². The molecule has 2 saturated heterocycles. The Balaban J connectivity index is 1.03. The Morgan fingerprint density at radius 1 is 1.19 bits per heavy atom. The van der Waals surface area contributed by atoms with E-state index >= 15 is 0 Å². The van der Waals surface area contributed by atoms with Crippen LogP contribution in [0, 0.1) is 5.92 Å². The number of nitrogens with one attached hydrogen (secondary N) is 2. The number of pyridine rings is 2. The van der Waals surface area contributed by atoms with Crippen LogP contribution in [-0.4, -0.2) is 73.7 Å². The van der Waals surface area contributed by atoms with Gasteiger partial charge in [0.25, 0.3) is 0 Å². The molecule has 10 nitrogen and oxygen atoms in total. The Morgan fingerprint density at radius 3 is 3.00 bits per heavy atom. The van der Waals surface area contributed by atoms with Crippen molar-refractivity contribution < 1.29 is 19.1 Å². The molecule has 0 bridgehead atoms. The number of thioether (sulfide) groups is 1. The number of fused-ring (bicyclic) bond motifs is 2. The van der Waals surface area contributed by atoms with Crippen molar-refractivity contribution in [2.24, 2.45) is 5.92 Å². The van der Waals surface area contributed by atoms with Crippen LogP contribution in [0.2, 0.25) is 0 Å². The summed E-state index contributed by atoms with van der Waals surface area (Å²) in [7, 11) is 1.62. The highest BCUT2D eigenvalue weighted by molar-refractivity contribution is 8.00. The number of amides is 2. The quantitative estimate of drug-likeness (QED) is 0.486. The smallest absolute Gasteiger partial charge is 0.414 e. The van der Waals surface area contributed by atoms with Crippen LogP contribution < -0.4 is 25.2 Å². The van der Waals surface area contributed by atoms with E-state index in [9.17, 15) is 9.59 Å². The molecule has 3 aliphatic heterocycles. The number of cyclic esters (lactones) is 1. The van der Waals surface area contributed by atoms with Gasteiger partial charge >= 0.3 is 6.09 Å². The molecule has 3 aromatic rings. The summed E-state index contributed by atoms with van der Waals surface area (Å²) in [5.41, 5.74) is 4.26. The zero-order valence-corrected chi connectivity index (χ0v) is 21.3. The first-order chi connectivity index (χ1) is 18.1. The van der Waals surface area contributed by atoms with E-state index in [2.05, 4.69) is 25.5 Å². The largest absolute Gasteiger partial charge is 0.481 e. The monoisotopic (exact) mass is 520 g/mol. The molecule has 0 unspecified atom stereocenters. The average Bonchev–Trinajstić information content (AvgIpc) is 3.54. The molecule has 2 amide bonds. The summed E-state index contributed by atoms with van der Waals surface area (Å²) in [6.45, 7) is 3.77. The summed E-state index contributed by atoms with van der Waals surface area (Å²) < 4.78 is 10.9. The highest BCUT2D eigenvalue weighted by atomic mass is 32.2. The Bertz CT molecular complexity index is 1350. The number of nitrogens with zero attached hydrogens (tertiary/aromatic N) is 4. The molecule has 0 radical (unpaired) electrons. The van der Waals surface area contributed by atoms with Gasteiger partial charge in [0, 0.05) is 42.5 Å². The van der Waals surface area contributed by atoms with Crippen LogP contribution in [0.5, 0.6) is 5.88 Å². The molecule has 11 heteroatoms. The number of carbonyl (C=O) groups is 2. The van der Waals surface area contributed by atoms with E-state index in [-0.39, 0.29) is 18.1 Å². The van der Waals surface area contributed by atoms with Crippen molar-refractivity contribution in [1.82, 2.24) is 15.3 Å². The maximum absolute atomic E-state index is 12.5. The predicted molar refractivity (Wildman–Crippen MR) is 143 cm³/mol. The Morgan fingerprint density at radius 2 is 2.11 bits per heavy atom. The number of hydrogen-bond donors (Lipinski definition) is 2. The molecule has 2 N–H and O–H groups in total. The fraction of sp³-hybridized carbons (Fsp3) is 0.385. The van der Waals surface area contributed by atoms with Gasteiger partial charge in [0.1, 0.15) is 11.6 Å². The third-order valence-corrected chi connectivity index (χ3v) is 8.03. The highest BCUT2D eigenvalue weighted by Crippen LogP contribution is 2.35. The van der Waals surface area contributed by atoms with Gasteiger partial charge in [0.15, 0.2) is 0 Å². The second-order valence-electron chi connectivity index (χ2n) is 9.44. The van der Waals surface area contributed by atoms with Gasteiger partial charge < -0.3 is 25.0 Å². The van der Waals surface area contributed by atoms with E-state index in [1.807, 2.05) is 42.6 Å². The topological polar surface area (TPSA) is 109 Å². The predicted octanol–water partition coefficient (Wildman–Crippen LogP) is 3.12. The van der Waals surface area contributed by atoms with Gasteiger partial charge in [-0.3, -0.25) is 14.7 Å². The van der Waals surface area contributed by atoms with Crippen LogP contribution in [0.25, 0.3) is 11.0 Å². The van der Waals surface area contributed by atoms with E-state index < -0.39 is 0 Å². The summed E-state index contributed by atoms with van der Waals surface area (Å²) in [6.07, 6.45) is 2.30. The lowest BCUT2D eigenvalue weighted by atomic mass is 10.1. The molecule has 0 aliphatic carbocycles. The van der Waals surface area contributed by atoms with Gasteiger partial charge in [0.05, 0.1) is 36.3 Å². The lowest BCUT2D eigenvalue weighted by Crippen LogP contribution is -2.34. The number of hydrogen-bond acceptors (Lipinski definition) is 9. The first-order valence-electron chi connectivity index (χ1n) is 12.4. The van der Waals surface area contributed by atoms with Crippen molar-refractivity contribution in [3.8, 4) is 5.88 Å². The fourth-order valence-corrected chi connectivity index (χ4v) is 5.90. The number of aromatic nitrogens is 2. The summed E-state index contributed by atoms with van der Waals surface area (Å²) in [6, 6.07) is 11.5. The minimum absolute atomic E-state index is 0.0284.